The first-order valence-corrected chi connectivity index (χ1v) is 10.6. The van der Waals surface area contributed by atoms with Gasteiger partial charge in [-0.25, -0.2) is 0 Å². The van der Waals surface area contributed by atoms with Crippen molar-refractivity contribution in [3.8, 4) is 11.8 Å². The van der Waals surface area contributed by atoms with Crippen LogP contribution in [-0.2, 0) is 11.2 Å². The molecular weight excluding hydrogens is 422 g/mol. The van der Waals surface area contributed by atoms with Crippen molar-refractivity contribution in [2.24, 2.45) is 0 Å². The third-order valence-corrected chi connectivity index (χ3v) is 6.11. The van der Waals surface area contributed by atoms with Gasteiger partial charge >= 0.3 is 0 Å². The van der Waals surface area contributed by atoms with Gasteiger partial charge < -0.3 is 20.0 Å². The summed E-state index contributed by atoms with van der Waals surface area (Å²) in [6, 6.07) is 20.8. The maximum absolute atomic E-state index is 11.3. The fraction of sp³-hybridized carbons (Fsp3) is 0.0800. The van der Waals surface area contributed by atoms with Crippen molar-refractivity contribution in [1.82, 2.24) is 4.98 Å². The van der Waals surface area contributed by atoms with Crippen molar-refractivity contribution in [2.45, 2.75) is 16.2 Å². The fourth-order valence-electron chi connectivity index (χ4n) is 3.41. The van der Waals surface area contributed by atoms with E-state index in [2.05, 4.69) is 16.4 Å². The number of methoxy groups -OCH3 is 1. The Bertz CT molecular complexity index is 1350. The number of aromatic nitrogens is 1. The van der Waals surface area contributed by atoms with E-state index in [-0.39, 0.29) is 6.42 Å². The van der Waals surface area contributed by atoms with Gasteiger partial charge in [0, 0.05) is 44.8 Å². The number of hydrogen-bond donors (Lipinski definition) is 1. The Balaban J connectivity index is 1.71. The van der Waals surface area contributed by atoms with Crippen molar-refractivity contribution in [1.29, 1.82) is 5.26 Å². The number of carbonyl (C=O) groups is 1. The van der Waals surface area contributed by atoms with Crippen LogP contribution >= 0.6 is 11.8 Å². The SMILES string of the molecule is COc1ccc(Sc2ccncc2Nc2ccc(C#N)c3ccccc23)c(CC(=O)[O-])c1. The zero-order valence-electron chi connectivity index (χ0n) is 17.2. The van der Waals surface area contributed by atoms with Gasteiger partial charge in [-0.3, -0.25) is 4.98 Å². The Kier molecular flexibility index (Phi) is 6.24. The molecule has 7 heteroatoms. The maximum atomic E-state index is 11.3. The summed E-state index contributed by atoms with van der Waals surface area (Å²) in [6.07, 6.45) is 3.19. The summed E-state index contributed by atoms with van der Waals surface area (Å²) in [5.74, 6) is -0.569. The van der Waals surface area contributed by atoms with E-state index in [1.165, 1.54) is 18.9 Å². The van der Waals surface area contributed by atoms with E-state index in [9.17, 15) is 15.2 Å². The molecular formula is C25H18N3O3S-. The molecule has 0 saturated heterocycles. The molecule has 32 heavy (non-hydrogen) atoms. The molecule has 3 aromatic carbocycles. The Morgan fingerprint density at radius 3 is 2.66 bits per heavy atom. The Morgan fingerprint density at radius 1 is 1.09 bits per heavy atom. The van der Waals surface area contributed by atoms with Gasteiger partial charge in [0.25, 0.3) is 0 Å². The quantitative estimate of drug-likeness (QED) is 0.457. The molecule has 0 radical (unpaired) electrons. The third kappa shape index (κ3) is 4.51. The Morgan fingerprint density at radius 2 is 1.91 bits per heavy atom. The number of nitrogens with one attached hydrogen (secondary N) is 1. The van der Waals surface area contributed by atoms with E-state index < -0.39 is 5.97 Å². The van der Waals surface area contributed by atoms with Gasteiger partial charge in [0.15, 0.2) is 0 Å². The minimum atomic E-state index is -1.16. The minimum absolute atomic E-state index is 0.215. The van der Waals surface area contributed by atoms with Crippen LogP contribution in [0, 0.1) is 11.3 Å². The molecule has 0 atom stereocenters. The van der Waals surface area contributed by atoms with Gasteiger partial charge in [-0.2, -0.15) is 5.26 Å². The minimum Gasteiger partial charge on any atom is -0.550 e. The number of carbonyl (C=O) groups excluding carboxylic acids is 1. The molecule has 0 aliphatic carbocycles. The van der Waals surface area contributed by atoms with Crippen LogP contribution in [0.1, 0.15) is 11.1 Å². The van der Waals surface area contributed by atoms with Crippen molar-refractivity contribution in [2.75, 3.05) is 12.4 Å². The van der Waals surface area contributed by atoms with Crippen LogP contribution in [-0.4, -0.2) is 18.1 Å². The third-order valence-electron chi connectivity index (χ3n) is 4.92. The summed E-state index contributed by atoms with van der Waals surface area (Å²) in [6.45, 7) is 0. The zero-order chi connectivity index (χ0) is 22.5. The molecule has 6 nitrogen and oxygen atoms in total. The molecule has 0 aliphatic heterocycles. The van der Waals surface area contributed by atoms with E-state index in [0.717, 1.165) is 31.9 Å². The van der Waals surface area contributed by atoms with E-state index in [1.54, 1.807) is 30.6 Å². The lowest BCUT2D eigenvalue weighted by molar-refractivity contribution is -0.304. The summed E-state index contributed by atoms with van der Waals surface area (Å²) < 4.78 is 5.24. The van der Waals surface area contributed by atoms with Crippen LogP contribution in [0.4, 0.5) is 11.4 Å². The van der Waals surface area contributed by atoms with Gasteiger partial charge in [-0.15, -0.1) is 0 Å². The number of carboxylic acid groups (broad SMARTS) is 1. The maximum Gasteiger partial charge on any atom is 0.119 e. The normalized spacial score (nSPS) is 10.5. The monoisotopic (exact) mass is 440 g/mol. The van der Waals surface area contributed by atoms with Gasteiger partial charge in [0.1, 0.15) is 5.75 Å². The summed E-state index contributed by atoms with van der Waals surface area (Å²) in [5, 5.41) is 25.9. The first-order chi connectivity index (χ1) is 15.6. The Labute approximate surface area is 189 Å². The van der Waals surface area contributed by atoms with Crippen molar-refractivity contribution >= 4 is 39.9 Å². The lowest BCUT2D eigenvalue weighted by Gasteiger charge is -2.16. The first-order valence-electron chi connectivity index (χ1n) is 9.76. The smallest absolute Gasteiger partial charge is 0.119 e. The summed E-state index contributed by atoms with van der Waals surface area (Å²) in [4.78, 5) is 17.2. The zero-order valence-corrected chi connectivity index (χ0v) is 18.0. The van der Waals surface area contributed by atoms with Crippen molar-refractivity contribution in [3.05, 3.63) is 84.2 Å². The summed E-state index contributed by atoms with van der Waals surface area (Å²) in [5.41, 5.74) is 2.83. The standard InChI is InChI=1S/C25H19N3O3S/c1-31-18-7-9-23(17(12-18)13-25(29)30)32-24-10-11-27-15-22(24)28-21-8-6-16(14-26)19-4-2-3-5-20(19)21/h2-12,15,28H,13H2,1H3,(H,29,30)/p-1. The molecule has 0 aliphatic rings. The van der Waals surface area contributed by atoms with Gasteiger partial charge in [-0.05, 0) is 42.0 Å². The molecule has 4 aromatic rings. The highest BCUT2D eigenvalue weighted by Crippen LogP contribution is 2.38. The van der Waals surface area contributed by atoms with E-state index in [1.807, 2.05) is 42.5 Å². The number of ether oxygens (including phenoxy) is 1. The van der Waals surface area contributed by atoms with E-state index in [0.29, 0.717) is 16.9 Å². The topological polar surface area (TPSA) is 98.1 Å². The second-order valence-electron chi connectivity index (χ2n) is 6.94. The van der Waals surface area contributed by atoms with Crippen LogP contribution < -0.4 is 15.2 Å². The molecule has 1 aromatic heterocycles. The molecule has 4 rings (SSSR count). The number of aliphatic carboxylic acids is 1. The number of pyridine rings is 1. The number of nitriles is 1. The number of benzene rings is 3. The van der Waals surface area contributed by atoms with Crippen LogP contribution in [0.5, 0.6) is 5.75 Å². The van der Waals surface area contributed by atoms with Crippen molar-refractivity contribution < 1.29 is 14.6 Å². The number of rotatable bonds is 7. The molecule has 1 N–H and O–H groups in total. The molecule has 0 saturated carbocycles. The number of fused-ring (bicyclic) bond motifs is 1. The molecule has 0 amide bonds. The van der Waals surface area contributed by atoms with Gasteiger partial charge in [0.05, 0.1) is 30.6 Å². The fourth-order valence-corrected chi connectivity index (χ4v) is 4.39. The number of anilines is 2. The molecule has 0 spiro atoms. The highest BCUT2D eigenvalue weighted by Gasteiger charge is 2.12. The van der Waals surface area contributed by atoms with E-state index >= 15 is 0 Å². The second kappa shape index (κ2) is 9.41. The lowest BCUT2D eigenvalue weighted by atomic mass is 10.0. The average molecular weight is 441 g/mol. The molecule has 1 heterocycles. The van der Waals surface area contributed by atoms with Gasteiger partial charge in [-0.1, -0.05) is 36.0 Å². The first kappa shape index (κ1) is 21.2. The Hall–Kier alpha value is -4.02. The van der Waals surface area contributed by atoms with Crippen LogP contribution in [0.15, 0.2) is 82.8 Å². The number of nitrogens with zero attached hydrogens (tertiary/aromatic N) is 2. The molecule has 0 bridgehead atoms. The predicted molar refractivity (Wildman–Crippen MR) is 122 cm³/mol. The van der Waals surface area contributed by atoms with Crippen LogP contribution in [0.2, 0.25) is 0 Å². The molecule has 0 unspecified atom stereocenters. The molecule has 0 fully saturated rings. The van der Waals surface area contributed by atoms with E-state index in [4.69, 9.17) is 4.74 Å². The van der Waals surface area contributed by atoms with Crippen LogP contribution in [0.25, 0.3) is 10.8 Å². The van der Waals surface area contributed by atoms with Crippen LogP contribution in [0.3, 0.4) is 0 Å². The number of carboxylic acids is 1. The predicted octanol–water partition coefficient (Wildman–Crippen LogP) is 4.30. The second-order valence-corrected chi connectivity index (χ2v) is 8.02. The number of hydrogen-bond acceptors (Lipinski definition) is 7. The highest BCUT2D eigenvalue weighted by molar-refractivity contribution is 7.99. The lowest BCUT2D eigenvalue weighted by Crippen LogP contribution is -2.24. The largest absolute Gasteiger partial charge is 0.550 e. The molecule has 158 valence electrons. The average Bonchev–Trinajstić information content (AvgIpc) is 2.81. The van der Waals surface area contributed by atoms with Crippen molar-refractivity contribution in [3.63, 3.8) is 0 Å². The highest BCUT2D eigenvalue weighted by atomic mass is 32.2. The summed E-state index contributed by atoms with van der Waals surface area (Å²) in [7, 11) is 1.54. The van der Waals surface area contributed by atoms with Gasteiger partial charge in [0.2, 0.25) is 0 Å². The summed E-state index contributed by atoms with van der Waals surface area (Å²) >= 11 is 1.43.